The maximum Gasteiger partial charge on any atom is 0.161 e. The number of hydrogen-bond acceptors (Lipinski definition) is 7. The predicted octanol–water partition coefficient (Wildman–Crippen LogP) is 3.64. The molecule has 1 N–H and O–H groups in total. The van der Waals surface area contributed by atoms with E-state index in [0.717, 1.165) is 68.8 Å². The molecular weight excluding hydrogens is 408 g/mol. The molecule has 0 amide bonds. The first-order chi connectivity index (χ1) is 15.5. The lowest BCUT2D eigenvalue weighted by atomic mass is 9.95. The van der Waals surface area contributed by atoms with Gasteiger partial charge >= 0.3 is 0 Å². The molecule has 0 radical (unpaired) electrons. The molecule has 32 heavy (non-hydrogen) atoms. The van der Waals surface area contributed by atoms with Crippen molar-refractivity contribution in [2.45, 2.75) is 45.4 Å². The first kappa shape index (κ1) is 24.6. The Morgan fingerprint density at radius 1 is 1.00 bits per heavy atom. The average Bonchev–Trinajstić information content (AvgIpc) is 3.31. The summed E-state index contributed by atoms with van der Waals surface area (Å²) in [6.45, 7) is 10.8. The molecule has 1 fully saturated rings. The van der Waals surface area contributed by atoms with Gasteiger partial charge in [0, 0.05) is 32.7 Å². The van der Waals surface area contributed by atoms with Gasteiger partial charge in [0.05, 0.1) is 34.0 Å². The van der Waals surface area contributed by atoms with Crippen LogP contribution in [0.4, 0.5) is 0 Å². The fourth-order valence-corrected chi connectivity index (χ4v) is 4.09. The monoisotopic (exact) mass is 446 g/mol. The Balaban J connectivity index is 1.74. The Kier molecular flexibility index (Phi) is 8.99. The van der Waals surface area contributed by atoms with Crippen molar-refractivity contribution in [2.75, 3.05) is 53.6 Å². The van der Waals surface area contributed by atoms with E-state index in [1.54, 1.807) is 14.2 Å². The normalized spacial score (nSPS) is 15.3. The molecule has 1 saturated heterocycles. The molecule has 2 aromatic rings. The molecular formula is C25H38N2O5. The van der Waals surface area contributed by atoms with Crippen LogP contribution in [0.25, 0.3) is 0 Å². The molecule has 3 rings (SSSR count). The summed E-state index contributed by atoms with van der Waals surface area (Å²) in [6, 6.07) is 9.95. The van der Waals surface area contributed by atoms with Crippen LogP contribution in [0.15, 0.2) is 34.7 Å². The highest BCUT2D eigenvalue weighted by molar-refractivity contribution is 5.42. The SMILES string of the molecule is CCC(O)(CC)c1ccc(CN(CCN2CCOCC2)Cc2ccc(OC)c(OC)c2)o1. The Morgan fingerprint density at radius 2 is 1.72 bits per heavy atom. The second-order valence-corrected chi connectivity index (χ2v) is 8.36. The molecule has 7 nitrogen and oxygen atoms in total. The van der Waals surface area contributed by atoms with Crippen LogP contribution in [0, 0.1) is 0 Å². The highest BCUT2D eigenvalue weighted by Crippen LogP contribution is 2.31. The van der Waals surface area contributed by atoms with Gasteiger partial charge in [-0.1, -0.05) is 19.9 Å². The van der Waals surface area contributed by atoms with Crippen LogP contribution in [0.1, 0.15) is 43.8 Å². The van der Waals surface area contributed by atoms with Gasteiger partial charge in [-0.3, -0.25) is 9.80 Å². The van der Waals surface area contributed by atoms with Crippen molar-refractivity contribution in [3.8, 4) is 11.5 Å². The zero-order chi connectivity index (χ0) is 23.0. The highest BCUT2D eigenvalue weighted by atomic mass is 16.5. The van der Waals surface area contributed by atoms with Crippen molar-refractivity contribution in [3.63, 3.8) is 0 Å². The molecule has 0 atom stereocenters. The van der Waals surface area contributed by atoms with Gasteiger partial charge < -0.3 is 23.7 Å². The smallest absolute Gasteiger partial charge is 0.161 e. The number of methoxy groups -OCH3 is 2. The number of rotatable bonds is 12. The largest absolute Gasteiger partial charge is 0.493 e. The van der Waals surface area contributed by atoms with E-state index in [1.807, 2.05) is 38.1 Å². The lowest BCUT2D eigenvalue weighted by Crippen LogP contribution is -2.41. The van der Waals surface area contributed by atoms with Crippen LogP contribution < -0.4 is 9.47 Å². The molecule has 2 heterocycles. The number of morpholine rings is 1. The standard InChI is InChI=1S/C25H38N2O5/c1-5-25(28,6-2)24-10-8-21(32-24)19-27(12-11-26-13-15-31-16-14-26)18-20-7-9-22(29-3)23(17-20)30-4/h7-10,17,28H,5-6,11-16,18-19H2,1-4H3. The van der Waals surface area contributed by atoms with E-state index in [1.165, 1.54) is 0 Å². The molecule has 0 bridgehead atoms. The molecule has 1 aliphatic rings. The van der Waals surface area contributed by atoms with Gasteiger partial charge in [-0.25, -0.2) is 0 Å². The second kappa shape index (κ2) is 11.7. The summed E-state index contributed by atoms with van der Waals surface area (Å²) in [7, 11) is 3.30. The third kappa shape index (κ3) is 6.25. The van der Waals surface area contributed by atoms with Crippen LogP contribution >= 0.6 is 0 Å². The number of ether oxygens (including phenoxy) is 3. The van der Waals surface area contributed by atoms with Gasteiger partial charge in [0.1, 0.15) is 17.1 Å². The summed E-state index contributed by atoms with van der Waals surface area (Å²) in [5, 5.41) is 10.8. The summed E-state index contributed by atoms with van der Waals surface area (Å²) < 4.78 is 22.4. The third-order valence-corrected chi connectivity index (χ3v) is 6.36. The molecule has 1 aliphatic heterocycles. The van der Waals surface area contributed by atoms with E-state index in [9.17, 15) is 5.11 Å². The molecule has 0 aliphatic carbocycles. The minimum atomic E-state index is -0.903. The number of nitrogens with zero attached hydrogens (tertiary/aromatic N) is 2. The van der Waals surface area contributed by atoms with Gasteiger partial charge in [0.25, 0.3) is 0 Å². The van der Waals surface area contributed by atoms with Crippen molar-refractivity contribution >= 4 is 0 Å². The lowest BCUT2D eigenvalue weighted by molar-refractivity contribution is 0.00492. The summed E-state index contributed by atoms with van der Waals surface area (Å²) in [5.41, 5.74) is 0.246. The van der Waals surface area contributed by atoms with Crippen molar-refractivity contribution in [1.29, 1.82) is 0 Å². The van der Waals surface area contributed by atoms with Gasteiger partial charge in [0.2, 0.25) is 0 Å². The van der Waals surface area contributed by atoms with Crippen LogP contribution in [0.5, 0.6) is 11.5 Å². The van der Waals surface area contributed by atoms with E-state index in [4.69, 9.17) is 18.6 Å². The zero-order valence-electron chi connectivity index (χ0n) is 19.9. The minimum Gasteiger partial charge on any atom is -0.493 e. The second-order valence-electron chi connectivity index (χ2n) is 8.36. The molecule has 0 unspecified atom stereocenters. The van der Waals surface area contributed by atoms with Gasteiger partial charge in [0.15, 0.2) is 11.5 Å². The van der Waals surface area contributed by atoms with Crippen LogP contribution in [-0.2, 0) is 23.4 Å². The van der Waals surface area contributed by atoms with Crippen molar-refractivity contribution in [1.82, 2.24) is 9.80 Å². The van der Waals surface area contributed by atoms with Crippen LogP contribution in [0.3, 0.4) is 0 Å². The summed E-state index contributed by atoms with van der Waals surface area (Å²) in [5.74, 6) is 2.97. The van der Waals surface area contributed by atoms with E-state index in [2.05, 4.69) is 15.9 Å². The molecule has 1 aromatic carbocycles. The van der Waals surface area contributed by atoms with Gasteiger partial charge in [-0.2, -0.15) is 0 Å². The fraction of sp³-hybridized carbons (Fsp3) is 0.600. The van der Waals surface area contributed by atoms with E-state index < -0.39 is 5.60 Å². The first-order valence-electron chi connectivity index (χ1n) is 11.6. The van der Waals surface area contributed by atoms with Gasteiger partial charge in [-0.05, 0) is 42.7 Å². The predicted molar refractivity (Wildman–Crippen MR) is 124 cm³/mol. The molecule has 1 aromatic heterocycles. The Morgan fingerprint density at radius 3 is 2.38 bits per heavy atom. The Labute approximate surface area is 191 Å². The zero-order valence-corrected chi connectivity index (χ0v) is 19.9. The molecule has 7 heteroatoms. The summed E-state index contributed by atoms with van der Waals surface area (Å²) in [4.78, 5) is 4.81. The lowest BCUT2D eigenvalue weighted by Gasteiger charge is -2.30. The third-order valence-electron chi connectivity index (χ3n) is 6.36. The van der Waals surface area contributed by atoms with Crippen molar-refractivity contribution in [3.05, 3.63) is 47.4 Å². The fourth-order valence-electron chi connectivity index (χ4n) is 4.09. The van der Waals surface area contributed by atoms with Crippen molar-refractivity contribution < 1.29 is 23.7 Å². The number of aliphatic hydroxyl groups is 1. The minimum absolute atomic E-state index is 0.628. The van der Waals surface area contributed by atoms with E-state index in [0.29, 0.717) is 25.1 Å². The quantitative estimate of drug-likeness (QED) is 0.534. The highest BCUT2D eigenvalue weighted by Gasteiger charge is 2.28. The maximum absolute atomic E-state index is 10.8. The van der Waals surface area contributed by atoms with Gasteiger partial charge in [-0.15, -0.1) is 0 Å². The number of hydrogen-bond donors (Lipinski definition) is 1. The topological polar surface area (TPSA) is 67.5 Å². The van der Waals surface area contributed by atoms with E-state index >= 15 is 0 Å². The Bertz CT molecular complexity index is 827. The van der Waals surface area contributed by atoms with Crippen LogP contribution in [0.2, 0.25) is 0 Å². The summed E-state index contributed by atoms with van der Waals surface area (Å²) >= 11 is 0. The summed E-state index contributed by atoms with van der Waals surface area (Å²) in [6.07, 6.45) is 1.26. The van der Waals surface area contributed by atoms with Crippen molar-refractivity contribution in [2.24, 2.45) is 0 Å². The van der Waals surface area contributed by atoms with Crippen LogP contribution in [-0.4, -0.2) is 68.5 Å². The molecule has 178 valence electrons. The average molecular weight is 447 g/mol. The molecule has 0 spiro atoms. The number of furan rings is 1. The number of benzene rings is 1. The maximum atomic E-state index is 10.8. The Hall–Kier alpha value is -2.06. The van der Waals surface area contributed by atoms with E-state index in [-0.39, 0.29) is 0 Å². The first-order valence-corrected chi connectivity index (χ1v) is 11.6. The molecule has 0 saturated carbocycles.